The predicted octanol–water partition coefficient (Wildman–Crippen LogP) is 6.13. The highest BCUT2D eigenvalue weighted by Gasteiger charge is 2.23. The Morgan fingerprint density at radius 1 is 0.810 bits per heavy atom. The van der Waals surface area contributed by atoms with Crippen molar-refractivity contribution < 1.29 is 0 Å². The van der Waals surface area contributed by atoms with Gasteiger partial charge in [0, 0.05) is 19.6 Å². The lowest BCUT2D eigenvalue weighted by atomic mass is 9.84. The van der Waals surface area contributed by atoms with Crippen molar-refractivity contribution in [1.82, 2.24) is 4.90 Å². The van der Waals surface area contributed by atoms with Crippen LogP contribution in [0.3, 0.4) is 0 Å². The van der Waals surface area contributed by atoms with Gasteiger partial charge in [-0.05, 0) is 49.9 Å². The van der Waals surface area contributed by atoms with Crippen molar-refractivity contribution in [1.29, 1.82) is 0 Å². The minimum Gasteiger partial charge on any atom is -0.303 e. The molecule has 1 rings (SSSR count). The fourth-order valence-corrected chi connectivity index (χ4v) is 3.97. The second kappa shape index (κ2) is 11.5. The third kappa shape index (κ3) is 7.68. The summed E-state index contributed by atoms with van der Waals surface area (Å²) in [5, 5.41) is 0. The van der Waals surface area contributed by atoms with Crippen LogP contribution in [-0.4, -0.2) is 24.5 Å². The molecule has 0 spiro atoms. The molecule has 0 radical (unpaired) electrons. The molecule has 21 heavy (non-hydrogen) atoms. The van der Waals surface area contributed by atoms with Gasteiger partial charge in [-0.15, -0.1) is 0 Å². The summed E-state index contributed by atoms with van der Waals surface area (Å²) in [6.45, 7) is 13.6. The molecule has 1 heteroatoms. The quantitative estimate of drug-likeness (QED) is 0.395. The molecule has 0 aromatic heterocycles. The maximum atomic E-state index is 2.86. The second-order valence-electron chi connectivity index (χ2n) is 7.52. The van der Waals surface area contributed by atoms with Gasteiger partial charge in [0.1, 0.15) is 0 Å². The van der Waals surface area contributed by atoms with Crippen molar-refractivity contribution in [3.63, 3.8) is 0 Å². The first kappa shape index (κ1) is 19.0. The topological polar surface area (TPSA) is 3.24 Å². The van der Waals surface area contributed by atoms with Gasteiger partial charge in [-0.25, -0.2) is 0 Å². The van der Waals surface area contributed by atoms with E-state index in [-0.39, 0.29) is 0 Å². The minimum atomic E-state index is 0.930. The van der Waals surface area contributed by atoms with Gasteiger partial charge in [-0.1, -0.05) is 59.8 Å². The summed E-state index contributed by atoms with van der Waals surface area (Å²) in [6.07, 6.45) is 14.2. The minimum absolute atomic E-state index is 0.930. The first-order valence-electron chi connectivity index (χ1n) is 9.95. The molecule has 0 aromatic rings. The molecule has 1 aliphatic rings. The van der Waals surface area contributed by atoms with Crippen molar-refractivity contribution in [2.45, 2.75) is 91.9 Å². The van der Waals surface area contributed by atoms with E-state index in [4.69, 9.17) is 0 Å². The molecular formula is C20H41N. The molecule has 0 bridgehead atoms. The summed E-state index contributed by atoms with van der Waals surface area (Å²) in [5.74, 6) is 2.89. The average molecular weight is 296 g/mol. The van der Waals surface area contributed by atoms with Crippen LogP contribution < -0.4 is 0 Å². The molecule has 1 nitrogen and oxygen atoms in total. The first-order chi connectivity index (χ1) is 10.2. The van der Waals surface area contributed by atoms with Gasteiger partial charge in [0.15, 0.2) is 0 Å². The third-order valence-corrected chi connectivity index (χ3v) is 5.44. The van der Waals surface area contributed by atoms with E-state index in [1.165, 1.54) is 83.8 Å². The summed E-state index contributed by atoms with van der Waals surface area (Å²) in [4.78, 5) is 2.86. The summed E-state index contributed by atoms with van der Waals surface area (Å²) >= 11 is 0. The summed E-state index contributed by atoms with van der Waals surface area (Å²) in [6, 6.07) is 0. The molecule has 1 aliphatic carbocycles. The van der Waals surface area contributed by atoms with E-state index in [2.05, 4.69) is 32.6 Å². The van der Waals surface area contributed by atoms with Gasteiger partial charge in [-0.2, -0.15) is 0 Å². The lowest BCUT2D eigenvalue weighted by Crippen LogP contribution is -2.39. The van der Waals surface area contributed by atoms with Gasteiger partial charge < -0.3 is 4.90 Å². The van der Waals surface area contributed by atoms with E-state index in [0.717, 1.165) is 17.8 Å². The smallest absolute Gasteiger partial charge is 0.000989 e. The lowest BCUT2D eigenvalue weighted by molar-refractivity contribution is 0.129. The Balaban J connectivity index is 2.51. The van der Waals surface area contributed by atoms with Crippen molar-refractivity contribution in [3.05, 3.63) is 0 Å². The summed E-state index contributed by atoms with van der Waals surface area (Å²) < 4.78 is 0. The van der Waals surface area contributed by atoms with E-state index in [1.807, 2.05) is 0 Å². The Labute approximate surface area is 134 Å². The molecule has 1 saturated carbocycles. The molecule has 126 valence electrons. The van der Waals surface area contributed by atoms with Gasteiger partial charge in [0.2, 0.25) is 0 Å². The van der Waals surface area contributed by atoms with Crippen LogP contribution >= 0.6 is 0 Å². The third-order valence-electron chi connectivity index (χ3n) is 5.44. The maximum absolute atomic E-state index is 2.86. The zero-order valence-electron chi connectivity index (χ0n) is 15.4. The van der Waals surface area contributed by atoms with E-state index >= 15 is 0 Å². The molecule has 0 amide bonds. The van der Waals surface area contributed by atoms with E-state index in [0.29, 0.717) is 0 Å². The predicted molar refractivity (Wildman–Crippen MR) is 95.8 cm³/mol. The van der Waals surface area contributed by atoms with Crippen molar-refractivity contribution in [3.8, 4) is 0 Å². The fraction of sp³-hybridized carbons (Fsp3) is 1.00. The first-order valence-corrected chi connectivity index (χ1v) is 9.95. The van der Waals surface area contributed by atoms with Gasteiger partial charge in [0.25, 0.3) is 0 Å². The Kier molecular flexibility index (Phi) is 10.4. The van der Waals surface area contributed by atoms with Crippen molar-refractivity contribution >= 4 is 0 Å². The fourth-order valence-electron chi connectivity index (χ4n) is 3.97. The summed E-state index contributed by atoms with van der Waals surface area (Å²) in [7, 11) is 0. The molecule has 0 N–H and O–H groups in total. The average Bonchev–Trinajstić information content (AvgIpc) is 2.42. The highest BCUT2D eigenvalue weighted by atomic mass is 15.1. The zero-order chi connectivity index (χ0) is 15.5. The SMILES string of the molecule is CCCC(CC)CN(CC(CCC)CCC)CC1CCC1. The Hall–Kier alpha value is -0.0400. The van der Waals surface area contributed by atoms with Crippen LogP contribution in [0, 0.1) is 17.8 Å². The molecule has 1 fully saturated rings. The highest BCUT2D eigenvalue weighted by molar-refractivity contribution is 4.77. The number of rotatable bonds is 13. The van der Waals surface area contributed by atoms with E-state index in [1.54, 1.807) is 0 Å². The van der Waals surface area contributed by atoms with Gasteiger partial charge >= 0.3 is 0 Å². The molecule has 0 heterocycles. The van der Waals surface area contributed by atoms with Crippen LogP contribution in [0.2, 0.25) is 0 Å². The van der Waals surface area contributed by atoms with Crippen molar-refractivity contribution in [2.24, 2.45) is 17.8 Å². The zero-order valence-corrected chi connectivity index (χ0v) is 15.4. The van der Waals surface area contributed by atoms with Crippen LogP contribution in [0.15, 0.2) is 0 Å². The molecule has 1 atom stereocenters. The van der Waals surface area contributed by atoms with Crippen LogP contribution in [0.5, 0.6) is 0 Å². The highest BCUT2D eigenvalue weighted by Crippen LogP contribution is 2.29. The normalized spacial score (nSPS) is 17.4. The Bertz CT molecular complexity index is 228. The molecule has 0 aromatic carbocycles. The van der Waals surface area contributed by atoms with Crippen LogP contribution in [0.1, 0.15) is 91.9 Å². The Morgan fingerprint density at radius 2 is 1.33 bits per heavy atom. The number of hydrogen-bond donors (Lipinski definition) is 0. The molecule has 0 saturated heterocycles. The molecule has 1 unspecified atom stereocenters. The largest absolute Gasteiger partial charge is 0.303 e. The lowest BCUT2D eigenvalue weighted by Gasteiger charge is -2.36. The van der Waals surface area contributed by atoms with Gasteiger partial charge in [-0.3, -0.25) is 0 Å². The number of hydrogen-bond acceptors (Lipinski definition) is 1. The monoisotopic (exact) mass is 295 g/mol. The van der Waals surface area contributed by atoms with Crippen LogP contribution in [0.4, 0.5) is 0 Å². The van der Waals surface area contributed by atoms with Crippen LogP contribution in [0.25, 0.3) is 0 Å². The maximum Gasteiger partial charge on any atom is 0.000989 e. The summed E-state index contributed by atoms with van der Waals surface area (Å²) in [5.41, 5.74) is 0. The molecular weight excluding hydrogens is 254 g/mol. The number of nitrogens with zero attached hydrogens (tertiary/aromatic N) is 1. The molecule has 0 aliphatic heterocycles. The van der Waals surface area contributed by atoms with Crippen molar-refractivity contribution in [2.75, 3.05) is 19.6 Å². The van der Waals surface area contributed by atoms with Gasteiger partial charge in [0.05, 0.1) is 0 Å². The Morgan fingerprint density at radius 3 is 1.76 bits per heavy atom. The second-order valence-corrected chi connectivity index (χ2v) is 7.52. The van der Waals surface area contributed by atoms with E-state index < -0.39 is 0 Å². The van der Waals surface area contributed by atoms with E-state index in [9.17, 15) is 0 Å². The van der Waals surface area contributed by atoms with Crippen LogP contribution in [-0.2, 0) is 0 Å². The standard InChI is InChI=1S/C20H41N/c1-5-10-18(8-4)15-21(17-20-13-9-14-20)16-19(11-6-2)12-7-3/h18-20H,5-17H2,1-4H3.